The van der Waals surface area contributed by atoms with Crippen molar-refractivity contribution in [1.82, 2.24) is 9.80 Å². The molecule has 2 heterocycles. The number of hydrogen-bond acceptors (Lipinski definition) is 4. The van der Waals surface area contributed by atoms with Crippen molar-refractivity contribution in [2.45, 2.75) is 33.1 Å². The van der Waals surface area contributed by atoms with Gasteiger partial charge in [-0.2, -0.15) is 0 Å². The van der Waals surface area contributed by atoms with E-state index < -0.39 is 0 Å². The molecule has 2 saturated heterocycles. The first-order valence-corrected chi connectivity index (χ1v) is 10.2. The topological polar surface area (TPSA) is 59.1 Å². The molecular weight excluding hydrogens is 356 g/mol. The largest absolute Gasteiger partial charge is 0.494 e. The van der Waals surface area contributed by atoms with E-state index in [1.807, 2.05) is 41.0 Å². The van der Waals surface area contributed by atoms with Gasteiger partial charge >= 0.3 is 0 Å². The molecule has 2 aliphatic heterocycles. The molecule has 154 valence electrons. The van der Waals surface area contributed by atoms with Crippen LogP contribution in [0.15, 0.2) is 24.3 Å². The van der Waals surface area contributed by atoms with Crippen LogP contribution in [0.25, 0.3) is 0 Å². The molecule has 2 aliphatic rings. The van der Waals surface area contributed by atoms with Gasteiger partial charge in [0.25, 0.3) is 0 Å². The van der Waals surface area contributed by atoms with E-state index in [0.717, 1.165) is 50.3 Å². The van der Waals surface area contributed by atoms with E-state index in [4.69, 9.17) is 9.47 Å². The molecule has 2 amide bonds. The number of piperidine rings is 1. The Bertz CT molecular complexity index is 680. The van der Waals surface area contributed by atoms with Crippen LogP contribution < -0.4 is 4.74 Å². The summed E-state index contributed by atoms with van der Waals surface area (Å²) in [6, 6.07) is 7.76. The summed E-state index contributed by atoms with van der Waals surface area (Å²) < 4.78 is 10.9. The molecule has 0 N–H and O–H groups in total. The standard InChI is InChI=1S/C22H32N2O4/c1-4-28-20-7-5-18(6-8-20)13-21(26)23-11-9-22(10-12-23)16-24(17(2)25)14-19(22)15-27-3/h5-8,19H,4,9-16H2,1-3H3. The minimum atomic E-state index is 0.0810. The van der Waals surface area contributed by atoms with E-state index in [1.54, 1.807) is 14.0 Å². The predicted octanol–water partition coefficient (Wildman–Crippen LogP) is 2.36. The zero-order chi connectivity index (χ0) is 20.1. The van der Waals surface area contributed by atoms with Crippen LogP contribution in [0, 0.1) is 11.3 Å². The third kappa shape index (κ3) is 4.49. The van der Waals surface area contributed by atoms with Gasteiger partial charge in [0, 0.05) is 46.1 Å². The zero-order valence-electron chi connectivity index (χ0n) is 17.3. The molecule has 1 spiro atoms. The molecule has 3 rings (SSSR count). The molecule has 1 aromatic rings. The van der Waals surface area contributed by atoms with Crippen LogP contribution in [0.4, 0.5) is 0 Å². The number of likely N-dealkylation sites (tertiary alicyclic amines) is 2. The van der Waals surface area contributed by atoms with E-state index in [0.29, 0.717) is 25.6 Å². The summed E-state index contributed by atoms with van der Waals surface area (Å²) in [5.41, 5.74) is 1.09. The molecule has 2 fully saturated rings. The number of methoxy groups -OCH3 is 1. The Kier molecular flexibility index (Phi) is 6.60. The summed E-state index contributed by atoms with van der Waals surface area (Å²) in [4.78, 5) is 28.6. The average molecular weight is 389 g/mol. The quantitative estimate of drug-likeness (QED) is 0.751. The second kappa shape index (κ2) is 8.95. The van der Waals surface area contributed by atoms with Crippen molar-refractivity contribution in [3.8, 4) is 5.75 Å². The number of amides is 2. The fourth-order valence-corrected chi connectivity index (χ4v) is 4.63. The van der Waals surface area contributed by atoms with Crippen molar-refractivity contribution in [2.24, 2.45) is 11.3 Å². The molecule has 0 saturated carbocycles. The van der Waals surface area contributed by atoms with Gasteiger partial charge in [-0.15, -0.1) is 0 Å². The van der Waals surface area contributed by atoms with E-state index in [9.17, 15) is 9.59 Å². The first-order valence-electron chi connectivity index (χ1n) is 10.2. The summed E-state index contributed by atoms with van der Waals surface area (Å²) in [6.45, 7) is 7.96. The number of nitrogens with zero attached hydrogens (tertiary/aromatic N) is 2. The fourth-order valence-electron chi connectivity index (χ4n) is 4.63. The first-order chi connectivity index (χ1) is 13.5. The molecule has 0 aliphatic carbocycles. The minimum Gasteiger partial charge on any atom is -0.494 e. The van der Waals surface area contributed by atoms with Gasteiger partial charge in [0.15, 0.2) is 0 Å². The summed E-state index contributed by atoms with van der Waals surface area (Å²) in [6.07, 6.45) is 2.28. The molecule has 0 aromatic heterocycles. The first kappa shape index (κ1) is 20.6. The number of carbonyl (C=O) groups is 2. The SMILES string of the molecule is CCOc1ccc(CC(=O)N2CCC3(CC2)CN(C(C)=O)CC3COC)cc1. The Morgan fingerprint density at radius 3 is 2.39 bits per heavy atom. The van der Waals surface area contributed by atoms with Gasteiger partial charge in [-0.3, -0.25) is 9.59 Å². The highest BCUT2D eigenvalue weighted by molar-refractivity contribution is 5.79. The molecule has 1 unspecified atom stereocenters. The van der Waals surface area contributed by atoms with Gasteiger partial charge < -0.3 is 19.3 Å². The van der Waals surface area contributed by atoms with Crippen LogP contribution in [-0.4, -0.2) is 68.1 Å². The molecule has 6 heteroatoms. The molecule has 1 atom stereocenters. The van der Waals surface area contributed by atoms with Gasteiger partial charge in [0.05, 0.1) is 19.6 Å². The lowest BCUT2D eigenvalue weighted by atomic mass is 9.71. The highest BCUT2D eigenvalue weighted by atomic mass is 16.5. The lowest BCUT2D eigenvalue weighted by Gasteiger charge is -2.42. The van der Waals surface area contributed by atoms with Crippen molar-refractivity contribution in [3.05, 3.63) is 29.8 Å². The smallest absolute Gasteiger partial charge is 0.226 e. The Balaban J connectivity index is 1.57. The van der Waals surface area contributed by atoms with Crippen LogP contribution in [0.5, 0.6) is 5.75 Å². The maximum atomic E-state index is 12.8. The minimum absolute atomic E-state index is 0.0810. The molecule has 0 bridgehead atoms. The maximum Gasteiger partial charge on any atom is 0.226 e. The van der Waals surface area contributed by atoms with Crippen molar-refractivity contribution in [2.75, 3.05) is 46.5 Å². The Hall–Kier alpha value is -2.08. The van der Waals surface area contributed by atoms with Crippen LogP contribution in [0.3, 0.4) is 0 Å². The van der Waals surface area contributed by atoms with E-state index in [1.165, 1.54) is 0 Å². The molecule has 28 heavy (non-hydrogen) atoms. The van der Waals surface area contributed by atoms with Crippen LogP contribution in [-0.2, 0) is 20.7 Å². The highest BCUT2D eigenvalue weighted by Crippen LogP contribution is 2.45. The van der Waals surface area contributed by atoms with Crippen molar-refractivity contribution >= 4 is 11.8 Å². The lowest BCUT2D eigenvalue weighted by molar-refractivity contribution is -0.134. The number of ether oxygens (including phenoxy) is 2. The summed E-state index contributed by atoms with van der Waals surface area (Å²) in [5, 5.41) is 0. The van der Waals surface area contributed by atoms with Crippen LogP contribution in [0.2, 0.25) is 0 Å². The van der Waals surface area contributed by atoms with Gasteiger partial charge in [0.1, 0.15) is 5.75 Å². The van der Waals surface area contributed by atoms with Crippen molar-refractivity contribution in [1.29, 1.82) is 0 Å². The lowest BCUT2D eigenvalue weighted by Crippen LogP contribution is -2.47. The van der Waals surface area contributed by atoms with Crippen molar-refractivity contribution < 1.29 is 19.1 Å². The molecule has 1 aromatic carbocycles. The van der Waals surface area contributed by atoms with Gasteiger partial charge in [0.2, 0.25) is 11.8 Å². The Morgan fingerprint density at radius 1 is 1.14 bits per heavy atom. The van der Waals surface area contributed by atoms with Crippen molar-refractivity contribution in [3.63, 3.8) is 0 Å². The summed E-state index contributed by atoms with van der Waals surface area (Å²) >= 11 is 0. The fraction of sp³-hybridized carbons (Fsp3) is 0.636. The highest BCUT2D eigenvalue weighted by Gasteiger charge is 2.49. The maximum absolute atomic E-state index is 12.8. The van der Waals surface area contributed by atoms with Gasteiger partial charge in [-0.25, -0.2) is 0 Å². The number of carbonyl (C=O) groups excluding carboxylic acids is 2. The second-order valence-corrected chi connectivity index (χ2v) is 8.05. The average Bonchev–Trinajstić information content (AvgIpc) is 3.03. The number of benzene rings is 1. The van der Waals surface area contributed by atoms with E-state index in [-0.39, 0.29) is 17.2 Å². The third-order valence-corrected chi connectivity index (χ3v) is 6.33. The Labute approximate surface area is 167 Å². The second-order valence-electron chi connectivity index (χ2n) is 8.05. The van der Waals surface area contributed by atoms with Gasteiger partial charge in [-0.1, -0.05) is 12.1 Å². The summed E-state index contributed by atoms with van der Waals surface area (Å²) in [7, 11) is 1.72. The Morgan fingerprint density at radius 2 is 1.82 bits per heavy atom. The number of hydrogen-bond donors (Lipinski definition) is 0. The monoisotopic (exact) mass is 388 g/mol. The predicted molar refractivity (Wildman–Crippen MR) is 107 cm³/mol. The van der Waals surface area contributed by atoms with Gasteiger partial charge in [-0.05, 0) is 42.9 Å². The molecule has 0 radical (unpaired) electrons. The summed E-state index contributed by atoms with van der Waals surface area (Å²) in [5.74, 6) is 1.49. The van der Waals surface area contributed by atoms with E-state index >= 15 is 0 Å². The molecule has 6 nitrogen and oxygen atoms in total. The van der Waals surface area contributed by atoms with Crippen LogP contribution in [0.1, 0.15) is 32.3 Å². The zero-order valence-corrected chi connectivity index (χ0v) is 17.3. The molecular formula is C22H32N2O4. The van der Waals surface area contributed by atoms with Crippen LogP contribution >= 0.6 is 0 Å². The number of rotatable bonds is 6. The normalized spacial score (nSPS) is 21.2. The van der Waals surface area contributed by atoms with E-state index in [2.05, 4.69) is 0 Å². The third-order valence-electron chi connectivity index (χ3n) is 6.33.